The van der Waals surface area contributed by atoms with Crippen LogP contribution in [0.3, 0.4) is 0 Å². The molecule has 2 aliphatic rings. The average molecular weight is 406 g/mol. The molecule has 29 heavy (non-hydrogen) atoms. The third-order valence-corrected chi connectivity index (χ3v) is 5.45. The molecule has 0 bridgehead atoms. The molecule has 1 aromatic heterocycles. The molecule has 1 aliphatic carbocycles. The molecular weight excluding hydrogens is 370 g/mol. The fraction of sp³-hybridized carbons (Fsp3) is 0.762. The number of rotatable bonds is 8. The predicted octanol–water partition coefficient (Wildman–Crippen LogP) is 1.43. The van der Waals surface area contributed by atoms with Gasteiger partial charge < -0.3 is 15.0 Å². The quantitative estimate of drug-likeness (QED) is 0.662. The van der Waals surface area contributed by atoms with E-state index in [0.717, 1.165) is 12.1 Å². The van der Waals surface area contributed by atoms with E-state index in [0.29, 0.717) is 57.5 Å². The van der Waals surface area contributed by atoms with Crippen molar-refractivity contribution in [3.05, 3.63) is 17.5 Å². The summed E-state index contributed by atoms with van der Waals surface area (Å²) in [7, 11) is 1.66. The van der Waals surface area contributed by atoms with Crippen LogP contribution in [0.2, 0.25) is 0 Å². The first-order valence-electron chi connectivity index (χ1n) is 10.7. The Morgan fingerprint density at radius 3 is 2.48 bits per heavy atom. The first kappa shape index (κ1) is 21.8. The van der Waals surface area contributed by atoms with Gasteiger partial charge in [0, 0.05) is 52.4 Å². The maximum Gasteiger partial charge on any atom is 0.272 e. The Labute approximate surface area is 173 Å². The standard InChI is InChI=1S/C21H35N5O3/c1-21(2,3)26-18(14-17(23-26)16-6-7-16)20(28)25-11-9-24(10-12-25)15-19(27)22-8-5-13-29-4/h14,16H,5-13,15H2,1-4H3,(H,22,27). The van der Waals surface area contributed by atoms with Gasteiger partial charge in [0.2, 0.25) is 5.91 Å². The lowest BCUT2D eigenvalue weighted by molar-refractivity contribution is -0.122. The number of hydrogen-bond donors (Lipinski definition) is 1. The zero-order chi connectivity index (χ0) is 21.0. The molecular formula is C21H35N5O3. The van der Waals surface area contributed by atoms with Gasteiger partial charge in [-0.15, -0.1) is 0 Å². The molecule has 1 saturated heterocycles. The largest absolute Gasteiger partial charge is 0.385 e. The Hall–Kier alpha value is -1.93. The normalized spacial score (nSPS) is 18.1. The summed E-state index contributed by atoms with van der Waals surface area (Å²) < 4.78 is 6.88. The number of ether oxygens (including phenoxy) is 1. The van der Waals surface area contributed by atoms with Crippen molar-refractivity contribution in [1.29, 1.82) is 0 Å². The Morgan fingerprint density at radius 2 is 1.90 bits per heavy atom. The molecule has 0 unspecified atom stereocenters. The van der Waals surface area contributed by atoms with Crippen molar-refractivity contribution in [2.24, 2.45) is 0 Å². The Balaban J connectivity index is 1.53. The number of aromatic nitrogens is 2. The van der Waals surface area contributed by atoms with Gasteiger partial charge in [-0.1, -0.05) is 0 Å². The lowest BCUT2D eigenvalue weighted by Gasteiger charge is -2.35. The molecule has 162 valence electrons. The van der Waals surface area contributed by atoms with Crippen LogP contribution in [0.5, 0.6) is 0 Å². The lowest BCUT2D eigenvalue weighted by Crippen LogP contribution is -2.51. The number of piperazine rings is 1. The van der Waals surface area contributed by atoms with Crippen molar-refractivity contribution in [2.45, 2.75) is 51.5 Å². The zero-order valence-electron chi connectivity index (χ0n) is 18.2. The van der Waals surface area contributed by atoms with Crippen molar-refractivity contribution in [1.82, 2.24) is 24.9 Å². The van der Waals surface area contributed by atoms with Gasteiger partial charge in [-0.3, -0.25) is 19.2 Å². The number of methoxy groups -OCH3 is 1. The topological polar surface area (TPSA) is 79.7 Å². The zero-order valence-corrected chi connectivity index (χ0v) is 18.2. The van der Waals surface area contributed by atoms with Gasteiger partial charge in [-0.05, 0) is 46.1 Å². The van der Waals surface area contributed by atoms with Gasteiger partial charge in [0.25, 0.3) is 5.91 Å². The van der Waals surface area contributed by atoms with Crippen LogP contribution in [-0.2, 0) is 15.1 Å². The van der Waals surface area contributed by atoms with Crippen molar-refractivity contribution >= 4 is 11.8 Å². The second kappa shape index (κ2) is 9.26. The summed E-state index contributed by atoms with van der Waals surface area (Å²) in [6.45, 7) is 10.6. The van der Waals surface area contributed by atoms with Crippen LogP contribution in [-0.4, -0.2) is 84.4 Å². The van der Waals surface area contributed by atoms with E-state index in [1.807, 2.05) is 15.6 Å². The van der Waals surface area contributed by atoms with Crippen LogP contribution in [0, 0.1) is 0 Å². The number of nitrogens with one attached hydrogen (secondary N) is 1. The third-order valence-electron chi connectivity index (χ3n) is 5.45. The molecule has 0 spiro atoms. The minimum Gasteiger partial charge on any atom is -0.385 e. The highest BCUT2D eigenvalue weighted by Crippen LogP contribution is 2.40. The van der Waals surface area contributed by atoms with Crippen molar-refractivity contribution in [2.75, 3.05) is 53.0 Å². The highest BCUT2D eigenvalue weighted by Gasteiger charge is 2.33. The molecule has 2 amide bonds. The van der Waals surface area contributed by atoms with E-state index in [1.165, 1.54) is 12.8 Å². The van der Waals surface area contributed by atoms with E-state index < -0.39 is 0 Å². The third kappa shape index (κ3) is 5.79. The van der Waals surface area contributed by atoms with E-state index in [4.69, 9.17) is 9.84 Å². The maximum absolute atomic E-state index is 13.2. The van der Waals surface area contributed by atoms with Gasteiger partial charge in [0.15, 0.2) is 0 Å². The van der Waals surface area contributed by atoms with Crippen LogP contribution in [0.1, 0.15) is 62.1 Å². The van der Waals surface area contributed by atoms with Crippen molar-refractivity contribution < 1.29 is 14.3 Å². The summed E-state index contributed by atoms with van der Waals surface area (Å²) in [5, 5.41) is 7.67. The summed E-state index contributed by atoms with van der Waals surface area (Å²) in [6, 6.07) is 1.99. The summed E-state index contributed by atoms with van der Waals surface area (Å²) in [6.07, 6.45) is 3.15. The van der Waals surface area contributed by atoms with E-state index in [2.05, 4.69) is 31.0 Å². The first-order valence-corrected chi connectivity index (χ1v) is 10.7. The van der Waals surface area contributed by atoms with Gasteiger partial charge >= 0.3 is 0 Å². The number of hydrogen-bond acceptors (Lipinski definition) is 5. The molecule has 0 atom stereocenters. The molecule has 1 N–H and O–H groups in total. The molecule has 1 aromatic rings. The molecule has 0 aromatic carbocycles. The van der Waals surface area contributed by atoms with E-state index >= 15 is 0 Å². The SMILES string of the molecule is COCCCNC(=O)CN1CCN(C(=O)c2cc(C3CC3)nn2C(C)(C)C)CC1. The maximum atomic E-state index is 13.2. The number of amides is 2. The van der Waals surface area contributed by atoms with E-state index in [1.54, 1.807) is 7.11 Å². The minimum absolute atomic E-state index is 0.0285. The summed E-state index contributed by atoms with van der Waals surface area (Å²) in [5.74, 6) is 0.591. The minimum atomic E-state index is -0.235. The fourth-order valence-corrected chi connectivity index (χ4v) is 3.62. The molecule has 2 heterocycles. The smallest absolute Gasteiger partial charge is 0.272 e. The van der Waals surface area contributed by atoms with Gasteiger partial charge in [0.05, 0.1) is 17.8 Å². The lowest BCUT2D eigenvalue weighted by atomic mass is 10.1. The number of nitrogens with zero attached hydrogens (tertiary/aromatic N) is 4. The summed E-state index contributed by atoms with van der Waals surface area (Å²) >= 11 is 0. The molecule has 1 saturated carbocycles. The molecule has 1 aliphatic heterocycles. The van der Waals surface area contributed by atoms with E-state index in [9.17, 15) is 9.59 Å². The van der Waals surface area contributed by atoms with Crippen molar-refractivity contribution in [3.8, 4) is 0 Å². The van der Waals surface area contributed by atoms with Crippen molar-refractivity contribution in [3.63, 3.8) is 0 Å². The number of carbonyl (C=O) groups is 2. The van der Waals surface area contributed by atoms with Crippen LogP contribution >= 0.6 is 0 Å². The molecule has 8 nitrogen and oxygen atoms in total. The summed E-state index contributed by atoms with van der Waals surface area (Å²) in [4.78, 5) is 29.3. The van der Waals surface area contributed by atoms with Crippen LogP contribution in [0.15, 0.2) is 6.07 Å². The molecule has 8 heteroatoms. The molecule has 3 rings (SSSR count). The molecule has 2 fully saturated rings. The number of carbonyl (C=O) groups excluding carboxylic acids is 2. The highest BCUT2D eigenvalue weighted by atomic mass is 16.5. The van der Waals surface area contributed by atoms with Gasteiger partial charge in [0.1, 0.15) is 5.69 Å². The Morgan fingerprint density at radius 1 is 1.21 bits per heavy atom. The average Bonchev–Trinajstić information content (AvgIpc) is 3.42. The monoisotopic (exact) mass is 405 g/mol. The molecule has 0 radical (unpaired) electrons. The van der Waals surface area contributed by atoms with Crippen LogP contribution < -0.4 is 5.32 Å². The second-order valence-electron chi connectivity index (χ2n) is 9.08. The second-order valence-corrected chi connectivity index (χ2v) is 9.08. The highest BCUT2D eigenvalue weighted by molar-refractivity contribution is 5.93. The van der Waals surface area contributed by atoms with E-state index in [-0.39, 0.29) is 17.4 Å². The van der Waals surface area contributed by atoms with Gasteiger partial charge in [-0.2, -0.15) is 5.10 Å². The fourth-order valence-electron chi connectivity index (χ4n) is 3.62. The van der Waals surface area contributed by atoms with Crippen LogP contribution in [0.25, 0.3) is 0 Å². The Kier molecular flexibility index (Phi) is 6.95. The summed E-state index contributed by atoms with van der Waals surface area (Å²) in [5.41, 5.74) is 1.50. The van der Waals surface area contributed by atoms with Gasteiger partial charge in [-0.25, -0.2) is 0 Å². The van der Waals surface area contributed by atoms with Crippen LogP contribution in [0.4, 0.5) is 0 Å². The first-order chi connectivity index (χ1) is 13.8. The predicted molar refractivity (Wildman–Crippen MR) is 111 cm³/mol. The Bertz CT molecular complexity index is 712.